The fraction of sp³-hybridized carbons (Fsp3) is 0.182. The van der Waals surface area contributed by atoms with E-state index in [1.54, 1.807) is 0 Å². The zero-order chi connectivity index (χ0) is 8.39. The van der Waals surface area contributed by atoms with Gasteiger partial charge in [0.25, 0.3) is 0 Å². The first kappa shape index (κ1) is 7.20. The highest BCUT2D eigenvalue weighted by Crippen LogP contribution is 2.26. The number of para-hydroxylation sites is 1. The quantitative estimate of drug-likeness (QED) is 0.565. The molecule has 1 aliphatic heterocycles. The van der Waals surface area contributed by atoms with Crippen LogP contribution in [0.1, 0.15) is 5.56 Å². The molecular formula is C11H11N. The van der Waals surface area contributed by atoms with Crippen LogP contribution in [-0.4, -0.2) is 6.54 Å². The van der Waals surface area contributed by atoms with Gasteiger partial charge in [-0.05, 0) is 18.1 Å². The Balaban J connectivity index is 2.42. The standard InChI is InChI=1S/C11H11N/c1-2-8-12-9-7-10-5-3-4-6-11(10)12/h3-6,8H,1,7,9H2. The van der Waals surface area contributed by atoms with Crippen molar-refractivity contribution in [3.05, 3.63) is 48.3 Å². The van der Waals surface area contributed by atoms with E-state index in [2.05, 4.69) is 41.5 Å². The van der Waals surface area contributed by atoms with E-state index in [1.165, 1.54) is 11.3 Å². The topological polar surface area (TPSA) is 3.24 Å². The molecule has 0 atom stereocenters. The number of hydrogen-bond donors (Lipinski definition) is 0. The molecule has 1 aliphatic rings. The molecule has 1 aromatic carbocycles. The molecule has 0 fully saturated rings. The largest absolute Gasteiger partial charge is 0.341 e. The van der Waals surface area contributed by atoms with Crippen LogP contribution < -0.4 is 4.90 Å². The molecule has 0 radical (unpaired) electrons. The average Bonchev–Trinajstić information content (AvgIpc) is 2.50. The van der Waals surface area contributed by atoms with Gasteiger partial charge in [-0.25, -0.2) is 0 Å². The predicted octanol–water partition coefficient (Wildman–Crippen LogP) is 2.35. The van der Waals surface area contributed by atoms with E-state index in [-0.39, 0.29) is 0 Å². The Kier molecular flexibility index (Phi) is 1.73. The van der Waals surface area contributed by atoms with Gasteiger partial charge in [0, 0.05) is 18.4 Å². The Morgan fingerprint density at radius 1 is 1.42 bits per heavy atom. The number of anilines is 1. The van der Waals surface area contributed by atoms with Gasteiger partial charge >= 0.3 is 0 Å². The molecule has 0 aliphatic carbocycles. The summed E-state index contributed by atoms with van der Waals surface area (Å²) in [6.07, 6.45) is 3.04. The lowest BCUT2D eigenvalue weighted by Crippen LogP contribution is -2.10. The van der Waals surface area contributed by atoms with Crippen molar-refractivity contribution in [2.24, 2.45) is 0 Å². The van der Waals surface area contributed by atoms with Crippen molar-refractivity contribution < 1.29 is 0 Å². The van der Waals surface area contributed by atoms with Crippen LogP contribution in [0.5, 0.6) is 0 Å². The van der Waals surface area contributed by atoms with E-state index in [9.17, 15) is 0 Å². The van der Waals surface area contributed by atoms with Crippen molar-refractivity contribution in [1.29, 1.82) is 0 Å². The molecule has 1 heterocycles. The fourth-order valence-corrected chi connectivity index (χ4v) is 1.61. The summed E-state index contributed by atoms with van der Waals surface area (Å²) in [6, 6.07) is 8.45. The molecule has 0 unspecified atom stereocenters. The van der Waals surface area contributed by atoms with E-state index in [0.717, 1.165) is 13.0 Å². The maximum Gasteiger partial charge on any atom is 0.0462 e. The molecule has 2 rings (SSSR count). The van der Waals surface area contributed by atoms with Crippen LogP contribution in [0.15, 0.2) is 42.8 Å². The van der Waals surface area contributed by atoms with E-state index in [1.807, 2.05) is 6.20 Å². The molecule has 0 spiro atoms. The Hall–Kier alpha value is -1.46. The van der Waals surface area contributed by atoms with E-state index < -0.39 is 0 Å². The maximum absolute atomic E-state index is 3.57. The van der Waals surface area contributed by atoms with Crippen molar-refractivity contribution >= 4 is 5.69 Å². The zero-order valence-corrected chi connectivity index (χ0v) is 6.96. The normalized spacial score (nSPS) is 13.8. The van der Waals surface area contributed by atoms with Crippen molar-refractivity contribution in [2.75, 3.05) is 11.4 Å². The summed E-state index contributed by atoms with van der Waals surface area (Å²) in [5.74, 6) is 0. The fourth-order valence-electron chi connectivity index (χ4n) is 1.61. The molecule has 60 valence electrons. The monoisotopic (exact) mass is 157 g/mol. The number of fused-ring (bicyclic) bond motifs is 1. The van der Waals surface area contributed by atoms with Gasteiger partial charge in [-0.1, -0.05) is 24.8 Å². The molecule has 0 bridgehead atoms. The Morgan fingerprint density at radius 2 is 2.25 bits per heavy atom. The Morgan fingerprint density at radius 3 is 3.08 bits per heavy atom. The summed E-state index contributed by atoms with van der Waals surface area (Å²) in [7, 11) is 0. The van der Waals surface area contributed by atoms with Gasteiger partial charge in [-0.2, -0.15) is 0 Å². The third-order valence-corrected chi connectivity index (χ3v) is 2.17. The van der Waals surface area contributed by atoms with Gasteiger partial charge in [0.15, 0.2) is 0 Å². The zero-order valence-electron chi connectivity index (χ0n) is 6.96. The molecule has 0 saturated heterocycles. The summed E-state index contributed by atoms with van der Waals surface area (Å²) in [6.45, 7) is 4.63. The van der Waals surface area contributed by atoms with Crippen molar-refractivity contribution in [3.8, 4) is 0 Å². The molecule has 0 N–H and O–H groups in total. The highest BCUT2D eigenvalue weighted by atomic mass is 15.1. The van der Waals surface area contributed by atoms with E-state index >= 15 is 0 Å². The van der Waals surface area contributed by atoms with Gasteiger partial charge in [0.2, 0.25) is 0 Å². The molecule has 1 aromatic rings. The van der Waals surface area contributed by atoms with E-state index in [0.29, 0.717) is 0 Å². The second-order valence-corrected chi connectivity index (χ2v) is 2.91. The maximum atomic E-state index is 3.57. The second kappa shape index (κ2) is 2.88. The van der Waals surface area contributed by atoms with Gasteiger partial charge in [0.05, 0.1) is 0 Å². The lowest BCUT2D eigenvalue weighted by molar-refractivity contribution is 0.994. The first-order valence-electron chi connectivity index (χ1n) is 4.12. The Labute approximate surface area is 72.6 Å². The average molecular weight is 157 g/mol. The number of rotatable bonds is 1. The highest BCUT2D eigenvalue weighted by Gasteiger charge is 2.14. The number of nitrogens with zero attached hydrogens (tertiary/aromatic N) is 1. The minimum absolute atomic E-state index is 1.06. The van der Waals surface area contributed by atoms with Gasteiger partial charge in [-0.15, -0.1) is 5.73 Å². The van der Waals surface area contributed by atoms with Crippen molar-refractivity contribution in [3.63, 3.8) is 0 Å². The van der Waals surface area contributed by atoms with Crippen LogP contribution in [-0.2, 0) is 6.42 Å². The molecule has 12 heavy (non-hydrogen) atoms. The van der Waals surface area contributed by atoms with Crippen molar-refractivity contribution in [1.82, 2.24) is 0 Å². The predicted molar refractivity (Wildman–Crippen MR) is 51.2 cm³/mol. The minimum Gasteiger partial charge on any atom is -0.341 e. The molecule has 1 heteroatoms. The second-order valence-electron chi connectivity index (χ2n) is 2.91. The van der Waals surface area contributed by atoms with Crippen LogP contribution >= 0.6 is 0 Å². The van der Waals surface area contributed by atoms with Gasteiger partial charge < -0.3 is 4.90 Å². The van der Waals surface area contributed by atoms with Gasteiger partial charge in [0.1, 0.15) is 0 Å². The summed E-state index contributed by atoms with van der Waals surface area (Å²) < 4.78 is 0. The van der Waals surface area contributed by atoms with Crippen molar-refractivity contribution in [2.45, 2.75) is 6.42 Å². The highest BCUT2D eigenvalue weighted by molar-refractivity contribution is 5.59. The van der Waals surface area contributed by atoms with Crippen LogP contribution in [0.25, 0.3) is 0 Å². The van der Waals surface area contributed by atoms with Crippen LogP contribution in [0.2, 0.25) is 0 Å². The number of hydrogen-bond acceptors (Lipinski definition) is 1. The SMILES string of the molecule is C=C=CN1CCc2ccccc21. The lowest BCUT2D eigenvalue weighted by Gasteiger charge is -2.11. The third kappa shape index (κ3) is 1.05. The Bertz CT molecular complexity index is 335. The van der Waals surface area contributed by atoms with Gasteiger partial charge in [-0.3, -0.25) is 0 Å². The molecular weight excluding hydrogens is 146 g/mol. The van der Waals surface area contributed by atoms with Crippen LogP contribution in [0.4, 0.5) is 5.69 Å². The molecule has 0 amide bonds. The summed E-state index contributed by atoms with van der Waals surface area (Å²) >= 11 is 0. The molecule has 1 nitrogen and oxygen atoms in total. The summed E-state index contributed by atoms with van der Waals surface area (Å²) in [5.41, 5.74) is 5.52. The summed E-state index contributed by atoms with van der Waals surface area (Å²) in [4.78, 5) is 2.18. The molecule has 0 aromatic heterocycles. The summed E-state index contributed by atoms with van der Waals surface area (Å²) in [5, 5.41) is 0. The first-order valence-corrected chi connectivity index (χ1v) is 4.12. The first-order chi connectivity index (χ1) is 5.92. The van der Waals surface area contributed by atoms with Crippen LogP contribution in [0, 0.1) is 0 Å². The number of benzene rings is 1. The third-order valence-electron chi connectivity index (χ3n) is 2.17. The minimum atomic E-state index is 1.06. The lowest BCUT2D eigenvalue weighted by atomic mass is 10.2. The van der Waals surface area contributed by atoms with E-state index in [4.69, 9.17) is 0 Å². The smallest absolute Gasteiger partial charge is 0.0462 e. The van der Waals surface area contributed by atoms with Crippen LogP contribution in [0.3, 0.4) is 0 Å². The molecule has 0 saturated carbocycles.